The lowest BCUT2D eigenvalue weighted by atomic mass is 10.1. The SMILES string of the molecule is CCCC(O)O.O=C(O)c1ccc(C(=O)O)cc1.OCCO. The van der Waals surface area contributed by atoms with Crippen molar-refractivity contribution in [2.24, 2.45) is 0 Å². The molecule has 1 aromatic carbocycles. The summed E-state index contributed by atoms with van der Waals surface area (Å²) in [6.07, 6.45) is 0.215. The van der Waals surface area contributed by atoms with Gasteiger partial charge < -0.3 is 30.6 Å². The lowest BCUT2D eigenvalue weighted by molar-refractivity contribution is -0.0453. The summed E-state index contributed by atoms with van der Waals surface area (Å²) in [4.78, 5) is 20.7. The Balaban J connectivity index is 0. The van der Waals surface area contributed by atoms with Crippen molar-refractivity contribution in [2.45, 2.75) is 26.1 Å². The molecule has 0 heterocycles. The Morgan fingerprint density at radius 1 is 0.909 bits per heavy atom. The minimum Gasteiger partial charge on any atom is -0.478 e. The van der Waals surface area contributed by atoms with Crippen LogP contribution in [0.2, 0.25) is 0 Å². The fourth-order valence-corrected chi connectivity index (χ4v) is 1.01. The number of rotatable bonds is 5. The fraction of sp³-hybridized carbons (Fsp3) is 0.429. The third kappa shape index (κ3) is 13.0. The van der Waals surface area contributed by atoms with Crippen molar-refractivity contribution in [1.29, 1.82) is 0 Å². The van der Waals surface area contributed by atoms with Gasteiger partial charge in [-0.05, 0) is 30.7 Å². The zero-order chi connectivity index (χ0) is 17.5. The fourth-order valence-electron chi connectivity index (χ4n) is 1.01. The number of hydrogen-bond acceptors (Lipinski definition) is 6. The highest BCUT2D eigenvalue weighted by atomic mass is 16.5. The molecule has 0 radical (unpaired) electrons. The van der Waals surface area contributed by atoms with Gasteiger partial charge in [0.2, 0.25) is 0 Å². The summed E-state index contributed by atoms with van der Waals surface area (Å²) in [6.45, 7) is 1.65. The minimum atomic E-state index is -1.10. The molecule has 0 aliphatic heterocycles. The molecule has 0 spiro atoms. The highest BCUT2D eigenvalue weighted by Gasteiger charge is 2.04. The molecule has 0 amide bonds. The van der Waals surface area contributed by atoms with Gasteiger partial charge in [-0.1, -0.05) is 13.3 Å². The topological polar surface area (TPSA) is 156 Å². The van der Waals surface area contributed by atoms with Gasteiger partial charge in [-0.2, -0.15) is 0 Å². The molecule has 1 aromatic rings. The summed E-state index contributed by atoms with van der Waals surface area (Å²) in [7, 11) is 0. The van der Waals surface area contributed by atoms with Gasteiger partial charge in [-0.15, -0.1) is 0 Å². The van der Waals surface area contributed by atoms with Crippen molar-refractivity contribution >= 4 is 11.9 Å². The number of aromatic carboxylic acids is 2. The van der Waals surface area contributed by atoms with Crippen molar-refractivity contribution in [2.75, 3.05) is 13.2 Å². The van der Waals surface area contributed by atoms with E-state index < -0.39 is 18.2 Å². The number of hydrogen-bond donors (Lipinski definition) is 6. The van der Waals surface area contributed by atoms with Crippen LogP contribution in [0.3, 0.4) is 0 Å². The van der Waals surface area contributed by atoms with Crippen molar-refractivity contribution in [1.82, 2.24) is 0 Å². The van der Waals surface area contributed by atoms with E-state index in [0.717, 1.165) is 6.42 Å². The minimum absolute atomic E-state index is 0.0833. The molecule has 126 valence electrons. The Hall–Kier alpha value is -2.00. The molecule has 8 heteroatoms. The number of aliphatic hydroxyl groups excluding tert-OH is 3. The normalized spacial score (nSPS) is 9.18. The van der Waals surface area contributed by atoms with Gasteiger partial charge in [0.15, 0.2) is 6.29 Å². The third-order valence-corrected chi connectivity index (χ3v) is 2.03. The van der Waals surface area contributed by atoms with Crippen molar-refractivity contribution in [3.8, 4) is 0 Å². The molecule has 0 unspecified atom stereocenters. The first-order chi connectivity index (χ1) is 10.3. The van der Waals surface area contributed by atoms with Crippen LogP contribution in [-0.4, -0.2) is 62.1 Å². The van der Waals surface area contributed by atoms with Crippen LogP contribution in [0.1, 0.15) is 40.5 Å². The van der Waals surface area contributed by atoms with E-state index in [-0.39, 0.29) is 24.3 Å². The van der Waals surface area contributed by atoms with E-state index in [0.29, 0.717) is 6.42 Å². The van der Waals surface area contributed by atoms with Gasteiger partial charge >= 0.3 is 11.9 Å². The summed E-state index contributed by atoms with van der Waals surface area (Å²) >= 11 is 0. The first-order valence-electron chi connectivity index (χ1n) is 6.44. The standard InChI is InChI=1S/C8H6O4.C4H10O2.C2H6O2/c9-7(10)5-1-2-6(4-3-5)8(11)12;1-2-3-4(5)6;3-1-2-4/h1-4H,(H,9,10)(H,11,12);4-6H,2-3H2,1H3;3-4H,1-2H2. The predicted molar refractivity (Wildman–Crippen MR) is 77.7 cm³/mol. The number of carbonyl (C=O) groups is 2. The molecular formula is C14H22O8. The van der Waals surface area contributed by atoms with Gasteiger partial charge in [-0.25, -0.2) is 9.59 Å². The van der Waals surface area contributed by atoms with E-state index in [2.05, 4.69) is 0 Å². The lowest BCUT2D eigenvalue weighted by Crippen LogP contribution is -2.01. The quantitative estimate of drug-likeness (QED) is 0.419. The Morgan fingerprint density at radius 2 is 1.23 bits per heavy atom. The van der Waals surface area contributed by atoms with E-state index >= 15 is 0 Å². The number of aliphatic hydroxyl groups is 4. The van der Waals surface area contributed by atoms with Crippen LogP contribution in [-0.2, 0) is 0 Å². The second kappa shape index (κ2) is 14.0. The molecule has 0 fully saturated rings. The van der Waals surface area contributed by atoms with Gasteiger partial charge in [0, 0.05) is 0 Å². The molecule has 8 nitrogen and oxygen atoms in total. The molecule has 6 N–H and O–H groups in total. The molecule has 0 saturated carbocycles. The van der Waals surface area contributed by atoms with Crippen molar-refractivity contribution < 1.29 is 40.2 Å². The van der Waals surface area contributed by atoms with E-state index in [1.807, 2.05) is 6.92 Å². The average Bonchev–Trinajstić information content (AvgIpc) is 2.48. The molecule has 0 aliphatic carbocycles. The zero-order valence-electron chi connectivity index (χ0n) is 12.2. The van der Waals surface area contributed by atoms with Gasteiger partial charge in [0.1, 0.15) is 0 Å². The van der Waals surface area contributed by atoms with Crippen LogP contribution in [0.5, 0.6) is 0 Å². The van der Waals surface area contributed by atoms with Gasteiger partial charge in [0.25, 0.3) is 0 Å². The Morgan fingerprint density at radius 3 is 1.32 bits per heavy atom. The maximum absolute atomic E-state index is 10.3. The summed E-state index contributed by atoms with van der Waals surface area (Å²) < 4.78 is 0. The van der Waals surface area contributed by atoms with Crippen LogP contribution in [0.15, 0.2) is 24.3 Å². The molecule has 1 rings (SSSR count). The molecule has 0 atom stereocenters. The van der Waals surface area contributed by atoms with E-state index in [1.54, 1.807) is 0 Å². The van der Waals surface area contributed by atoms with Gasteiger partial charge in [0.05, 0.1) is 24.3 Å². The number of carboxylic acid groups (broad SMARTS) is 2. The van der Waals surface area contributed by atoms with Crippen LogP contribution < -0.4 is 0 Å². The smallest absolute Gasteiger partial charge is 0.335 e. The molecule has 0 bridgehead atoms. The summed E-state index contributed by atoms with van der Waals surface area (Å²) in [5, 5.41) is 48.4. The highest BCUT2D eigenvalue weighted by molar-refractivity contribution is 5.91. The third-order valence-electron chi connectivity index (χ3n) is 2.03. The predicted octanol–water partition coefficient (Wildman–Crippen LogP) is 0.151. The maximum atomic E-state index is 10.3. The van der Waals surface area contributed by atoms with Crippen LogP contribution in [0.4, 0.5) is 0 Å². The van der Waals surface area contributed by atoms with Gasteiger partial charge in [-0.3, -0.25) is 0 Å². The van der Waals surface area contributed by atoms with Crippen molar-refractivity contribution in [3.63, 3.8) is 0 Å². The Kier molecular flexibility index (Phi) is 14.1. The van der Waals surface area contributed by atoms with E-state index in [1.165, 1.54) is 24.3 Å². The highest BCUT2D eigenvalue weighted by Crippen LogP contribution is 2.03. The van der Waals surface area contributed by atoms with Crippen molar-refractivity contribution in [3.05, 3.63) is 35.4 Å². The Bertz CT molecular complexity index is 378. The number of carboxylic acids is 2. The number of benzene rings is 1. The Labute approximate surface area is 127 Å². The molecule has 0 aromatic heterocycles. The van der Waals surface area contributed by atoms with E-state index in [9.17, 15) is 9.59 Å². The van der Waals surface area contributed by atoms with E-state index in [4.69, 9.17) is 30.6 Å². The first kappa shape index (κ1) is 22.3. The monoisotopic (exact) mass is 318 g/mol. The maximum Gasteiger partial charge on any atom is 0.335 e. The first-order valence-corrected chi connectivity index (χ1v) is 6.44. The van der Waals surface area contributed by atoms with Crippen LogP contribution in [0.25, 0.3) is 0 Å². The molecule has 0 saturated heterocycles. The second-order valence-corrected chi connectivity index (χ2v) is 3.90. The summed E-state index contributed by atoms with van der Waals surface area (Å²) in [5.74, 6) is -2.13. The second-order valence-electron chi connectivity index (χ2n) is 3.90. The summed E-state index contributed by atoms with van der Waals surface area (Å²) in [5.41, 5.74) is 0.167. The summed E-state index contributed by atoms with van der Waals surface area (Å²) in [6, 6.07) is 5.02. The largest absolute Gasteiger partial charge is 0.478 e. The molecule has 22 heavy (non-hydrogen) atoms. The molecule has 0 aliphatic rings. The lowest BCUT2D eigenvalue weighted by Gasteiger charge is -1.94. The van der Waals surface area contributed by atoms with Crippen LogP contribution >= 0.6 is 0 Å². The molecular weight excluding hydrogens is 296 g/mol. The van der Waals surface area contributed by atoms with Crippen LogP contribution in [0, 0.1) is 0 Å². The average molecular weight is 318 g/mol. The zero-order valence-corrected chi connectivity index (χ0v) is 12.2.